The van der Waals surface area contributed by atoms with Gasteiger partial charge in [-0.1, -0.05) is 30.3 Å². The van der Waals surface area contributed by atoms with Crippen LogP contribution in [0.1, 0.15) is 11.1 Å². The van der Waals surface area contributed by atoms with E-state index >= 15 is 0 Å². The minimum absolute atomic E-state index is 0.769. The van der Waals surface area contributed by atoms with Gasteiger partial charge in [-0.15, -0.1) is 11.3 Å². The Morgan fingerprint density at radius 1 is 1.17 bits per heavy atom. The van der Waals surface area contributed by atoms with Crippen LogP contribution in [0, 0.1) is 6.92 Å². The van der Waals surface area contributed by atoms with Gasteiger partial charge in [0.1, 0.15) is 5.75 Å². The lowest BCUT2D eigenvalue weighted by molar-refractivity contribution is 0.411. The van der Waals surface area contributed by atoms with Gasteiger partial charge >= 0.3 is 0 Å². The summed E-state index contributed by atoms with van der Waals surface area (Å²) in [6.45, 7) is 2.01. The lowest BCUT2D eigenvalue weighted by atomic mass is 10.1. The van der Waals surface area contributed by atoms with Crippen molar-refractivity contribution in [2.24, 2.45) is 5.10 Å². The molecule has 1 aromatic heterocycles. The summed E-state index contributed by atoms with van der Waals surface area (Å²) in [6, 6.07) is 16.0. The molecule has 0 atom stereocenters. The number of hydrogen-bond acceptors (Lipinski definition) is 5. The molecule has 0 unspecified atom stereocenters. The lowest BCUT2D eigenvalue weighted by Gasteiger charge is -2.04. The summed E-state index contributed by atoms with van der Waals surface area (Å²) >= 11 is 1.53. The van der Waals surface area contributed by atoms with Gasteiger partial charge in [0.05, 0.1) is 19.0 Å². The standard InChI is InChI=1S/C18H17N3OS/c1-13-10-14(8-9-17(13)22-2)11-19-21-18-20-16(12-23-18)15-6-4-3-5-7-15/h3-12H,1-2H3,(H,20,21). The third kappa shape index (κ3) is 3.76. The number of rotatable bonds is 5. The average molecular weight is 323 g/mol. The summed E-state index contributed by atoms with van der Waals surface area (Å²) < 4.78 is 5.25. The van der Waals surface area contributed by atoms with Crippen LogP contribution in [0.5, 0.6) is 5.75 Å². The van der Waals surface area contributed by atoms with Crippen molar-refractivity contribution in [3.8, 4) is 17.0 Å². The Hall–Kier alpha value is -2.66. The second-order valence-corrected chi connectivity index (χ2v) is 5.86. The van der Waals surface area contributed by atoms with Gasteiger partial charge in [0.25, 0.3) is 0 Å². The molecule has 5 heteroatoms. The molecule has 3 rings (SSSR count). The molecule has 0 saturated carbocycles. The van der Waals surface area contributed by atoms with Gasteiger partial charge in [0.2, 0.25) is 5.13 Å². The first-order valence-corrected chi connectivity index (χ1v) is 8.09. The molecule has 0 aliphatic rings. The van der Waals surface area contributed by atoms with E-state index < -0.39 is 0 Å². The molecule has 0 fully saturated rings. The second-order valence-electron chi connectivity index (χ2n) is 5.00. The minimum atomic E-state index is 0.769. The minimum Gasteiger partial charge on any atom is -0.496 e. The van der Waals surface area contributed by atoms with Crippen LogP contribution in [-0.2, 0) is 0 Å². The Bertz CT molecular complexity index is 812. The molecule has 0 aliphatic heterocycles. The molecular formula is C18H17N3OS. The van der Waals surface area contributed by atoms with Crippen molar-refractivity contribution in [3.05, 3.63) is 65.0 Å². The van der Waals surface area contributed by atoms with Crippen LogP contribution in [0.2, 0.25) is 0 Å². The van der Waals surface area contributed by atoms with Crippen molar-refractivity contribution < 1.29 is 4.74 Å². The molecule has 2 aromatic carbocycles. The molecular weight excluding hydrogens is 306 g/mol. The van der Waals surface area contributed by atoms with Crippen molar-refractivity contribution in [1.29, 1.82) is 0 Å². The normalized spacial score (nSPS) is 10.9. The van der Waals surface area contributed by atoms with Gasteiger partial charge in [-0.25, -0.2) is 4.98 Å². The topological polar surface area (TPSA) is 46.5 Å². The summed E-state index contributed by atoms with van der Waals surface area (Å²) in [6.07, 6.45) is 1.77. The number of nitrogens with zero attached hydrogens (tertiary/aromatic N) is 2. The van der Waals surface area contributed by atoms with Crippen molar-refractivity contribution in [1.82, 2.24) is 4.98 Å². The van der Waals surface area contributed by atoms with Crippen LogP contribution in [0.4, 0.5) is 5.13 Å². The molecule has 0 aliphatic carbocycles. The molecule has 23 heavy (non-hydrogen) atoms. The predicted molar refractivity (Wildman–Crippen MR) is 96.5 cm³/mol. The maximum Gasteiger partial charge on any atom is 0.203 e. The molecule has 116 valence electrons. The van der Waals surface area contributed by atoms with E-state index in [0.29, 0.717) is 0 Å². The number of methoxy groups -OCH3 is 1. The van der Waals surface area contributed by atoms with Gasteiger partial charge in [-0.05, 0) is 36.2 Å². The van der Waals surface area contributed by atoms with Crippen LogP contribution in [-0.4, -0.2) is 18.3 Å². The Labute approximate surface area is 139 Å². The number of aromatic nitrogens is 1. The van der Waals surface area contributed by atoms with E-state index in [4.69, 9.17) is 4.74 Å². The number of benzene rings is 2. The molecule has 0 amide bonds. The Kier molecular flexibility index (Phi) is 4.68. The molecule has 1 N–H and O–H groups in total. The van der Waals surface area contributed by atoms with Crippen LogP contribution < -0.4 is 10.2 Å². The van der Waals surface area contributed by atoms with E-state index in [9.17, 15) is 0 Å². The molecule has 0 saturated heterocycles. The van der Waals surface area contributed by atoms with E-state index in [2.05, 4.69) is 15.5 Å². The number of anilines is 1. The highest BCUT2D eigenvalue weighted by molar-refractivity contribution is 7.14. The second kappa shape index (κ2) is 7.07. The molecule has 0 bridgehead atoms. The van der Waals surface area contributed by atoms with Crippen molar-refractivity contribution in [2.75, 3.05) is 12.5 Å². The highest BCUT2D eigenvalue weighted by Gasteiger charge is 2.03. The van der Waals surface area contributed by atoms with Gasteiger partial charge in [0.15, 0.2) is 0 Å². The first kappa shape index (κ1) is 15.2. The highest BCUT2D eigenvalue weighted by Crippen LogP contribution is 2.24. The fourth-order valence-corrected chi connectivity index (χ4v) is 2.88. The zero-order valence-corrected chi connectivity index (χ0v) is 13.8. The Morgan fingerprint density at radius 3 is 2.74 bits per heavy atom. The zero-order valence-electron chi connectivity index (χ0n) is 13.0. The number of aryl methyl sites for hydroxylation is 1. The van der Waals surface area contributed by atoms with E-state index in [1.165, 1.54) is 11.3 Å². The number of thiazole rings is 1. The third-order valence-corrected chi connectivity index (χ3v) is 4.11. The molecule has 0 radical (unpaired) electrons. The summed E-state index contributed by atoms with van der Waals surface area (Å²) in [5.41, 5.74) is 7.12. The largest absolute Gasteiger partial charge is 0.496 e. The summed E-state index contributed by atoms with van der Waals surface area (Å²) in [5, 5.41) is 7.03. The SMILES string of the molecule is COc1ccc(C=NNc2nc(-c3ccccc3)cs2)cc1C. The number of nitrogens with one attached hydrogen (secondary N) is 1. The fraction of sp³-hybridized carbons (Fsp3) is 0.111. The fourth-order valence-electron chi connectivity index (χ4n) is 2.21. The van der Waals surface area contributed by atoms with Gasteiger partial charge in [-0.2, -0.15) is 5.10 Å². The van der Waals surface area contributed by atoms with Crippen LogP contribution in [0.3, 0.4) is 0 Å². The van der Waals surface area contributed by atoms with E-state index in [0.717, 1.165) is 33.3 Å². The number of hydrazone groups is 1. The number of ether oxygens (including phenoxy) is 1. The van der Waals surface area contributed by atoms with Crippen molar-refractivity contribution >= 4 is 22.7 Å². The third-order valence-electron chi connectivity index (χ3n) is 3.37. The molecule has 0 spiro atoms. The summed E-state index contributed by atoms with van der Waals surface area (Å²) in [5.74, 6) is 0.877. The average Bonchev–Trinajstić information content (AvgIpc) is 3.05. The first-order valence-electron chi connectivity index (χ1n) is 7.21. The molecule has 3 aromatic rings. The number of hydrogen-bond donors (Lipinski definition) is 1. The van der Waals surface area contributed by atoms with E-state index in [-0.39, 0.29) is 0 Å². The van der Waals surface area contributed by atoms with Gasteiger partial charge < -0.3 is 4.74 Å². The van der Waals surface area contributed by atoms with E-state index in [1.807, 2.05) is 60.8 Å². The Balaban J connectivity index is 1.67. The lowest BCUT2D eigenvalue weighted by Crippen LogP contribution is -1.92. The maximum absolute atomic E-state index is 5.25. The zero-order chi connectivity index (χ0) is 16.1. The van der Waals surface area contributed by atoms with Crippen LogP contribution in [0.15, 0.2) is 59.0 Å². The Morgan fingerprint density at radius 2 is 2.00 bits per heavy atom. The van der Waals surface area contributed by atoms with E-state index in [1.54, 1.807) is 13.3 Å². The first-order chi connectivity index (χ1) is 11.3. The smallest absolute Gasteiger partial charge is 0.203 e. The predicted octanol–water partition coefficient (Wildman–Crippen LogP) is 4.57. The molecule has 4 nitrogen and oxygen atoms in total. The maximum atomic E-state index is 5.25. The van der Waals surface area contributed by atoms with Gasteiger partial charge in [-0.3, -0.25) is 5.43 Å². The molecule has 1 heterocycles. The van der Waals surface area contributed by atoms with Crippen LogP contribution in [0.25, 0.3) is 11.3 Å². The van der Waals surface area contributed by atoms with Crippen LogP contribution >= 0.6 is 11.3 Å². The highest BCUT2D eigenvalue weighted by atomic mass is 32.1. The van der Waals surface area contributed by atoms with Gasteiger partial charge in [0, 0.05) is 10.9 Å². The van der Waals surface area contributed by atoms with Crippen molar-refractivity contribution in [2.45, 2.75) is 6.92 Å². The monoisotopic (exact) mass is 323 g/mol. The quantitative estimate of drug-likeness (QED) is 0.552. The summed E-state index contributed by atoms with van der Waals surface area (Å²) in [4.78, 5) is 4.53. The van der Waals surface area contributed by atoms with Crippen molar-refractivity contribution in [3.63, 3.8) is 0 Å². The summed E-state index contributed by atoms with van der Waals surface area (Å²) in [7, 11) is 1.67.